The quantitative estimate of drug-likeness (QED) is 0.791. The smallest absolute Gasteiger partial charge is 0.234 e. The molecule has 116 valence electrons. The molecule has 0 aliphatic heterocycles. The molecule has 1 N–H and O–H groups in total. The lowest BCUT2D eigenvalue weighted by Gasteiger charge is -2.23. The van der Waals surface area contributed by atoms with Gasteiger partial charge in [0.05, 0.1) is 18.3 Å². The second kappa shape index (κ2) is 8.52. The Hall–Kier alpha value is -1.75. The van der Waals surface area contributed by atoms with Crippen molar-refractivity contribution in [3.05, 3.63) is 30.1 Å². The Morgan fingerprint density at radius 1 is 1.33 bits per heavy atom. The molecule has 0 saturated carbocycles. The fourth-order valence-electron chi connectivity index (χ4n) is 2.16. The average Bonchev–Trinajstić information content (AvgIpc) is 2.44. The van der Waals surface area contributed by atoms with Crippen LogP contribution >= 0.6 is 0 Å². The molecule has 0 radical (unpaired) electrons. The van der Waals surface area contributed by atoms with Gasteiger partial charge in [-0.05, 0) is 31.5 Å². The first-order valence-electron chi connectivity index (χ1n) is 7.36. The van der Waals surface area contributed by atoms with Crippen LogP contribution in [0.1, 0.15) is 33.4 Å². The van der Waals surface area contributed by atoms with Gasteiger partial charge in [0.1, 0.15) is 0 Å². The summed E-state index contributed by atoms with van der Waals surface area (Å²) in [5, 5.41) is 2.82. The molecule has 1 aromatic rings. The zero-order valence-electron chi connectivity index (χ0n) is 13.3. The van der Waals surface area contributed by atoms with Gasteiger partial charge in [0, 0.05) is 12.7 Å². The first-order valence-corrected chi connectivity index (χ1v) is 7.36. The third-order valence-corrected chi connectivity index (χ3v) is 3.35. The number of nitrogens with one attached hydrogen (secondary N) is 1. The lowest BCUT2D eigenvalue weighted by molar-refractivity contribution is -0.128. The number of Topliss-reactive ketones (excluding diaryl/α,β-unsaturated/α-hetero) is 1. The molecule has 0 bridgehead atoms. The summed E-state index contributed by atoms with van der Waals surface area (Å²) in [7, 11) is 0. The monoisotopic (exact) mass is 291 g/mol. The topological polar surface area (TPSA) is 62.3 Å². The molecule has 0 spiro atoms. The highest BCUT2D eigenvalue weighted by molar-refractivity contribution is 5.88. The van der Waals surface area contributed by atoms with E-state index in [4.69, 9.17) is 0 Å². The maximum atomic E-state index is 12.1. The first-order chi connectivity index (χ1) is 9.93. The molecule has 0 aliphatic carbocycles. The second-order valence-electron chi connectivity index (χ2n) is 5.52. The molecule has 0 fully saturated rings. The fraction of sp³-hybridized carbons (Fsp3) is 0.562. The number of nitrogens with zero attached hydrogens (tertiary/aromatic N) is 2. The summed E-state index contributed by atoms with van der Waals surface area (Å²) in [5.41, 5.74) is 0.930. The molecule has 1 unspecified atom stereocenters. The Morgan fingerprint density at radius 3 is 2.52 bits per heavy atom. The van der Waals surface area contributed by atoms with Crippen molar-refractivity contribution in [3.8, 4) is 0 Å². The van der Waals surface area contributed by atoms with E-state index >= 15 is 0 Å². The van der Waals surface area contributed by atoms with Crippen molar-refractivity contribution in [2.24, 2.45) is 5.92 Å². The largest absolute Gasteiger partial charge is 0.345 e. The van der Waals surface area contributed by atoms with Crippen molar-refractivity contribution < 1.29 is 9.59 Å². The van der Waals surface area contributed by atoms with Gasteiger partial charge in [0.2, 0.25) is 5.91 Å². The van der Waals surface area contributed by atoms with Crippen molar-refractivity contribution in [1.82, 2.24) is 15.2 Å². The number of ketones is 1. The standard InChI is InChI=1S/C16H25N3O2/c1-5-19(10-14-8-6-7-9-17-14)11-15(21)18-16(12(2)3)13(4)20/h6-9,12,16H,5,10-11H2,1-4H3,(H,18,21). The van der Waals surface area contributed by atoms with Crippen LogP contribution in [0.25, 0.3) is 0 Å². The molecule has 5 heteroatoms. The van der Waals surface area contributed by atoms with Crippen LogP contribution < -0.4 is 5.32 Å². The number of hydrogen-bond acceptors (Lipinski definition) is 4. The van der Waals surface area contributed by atoms with Crippen LogP contribution in [-0.2, 0) is 16.1 Å². The van der Waals surface area contributed by atoms with E-state index in [0.717, 1.165) is 12.2 Å². The summed E-state index contributed by atoms with van der Waals surface area (Å²) in [6, 6.07) is 5.33. The van der Waals surface area contributed by atoms with Crippen molar-refractivity contribution in [1.29, 1.82) is 0 Å². The van der Waals surface area contributed by atoms with Gasteiger partial charge < -0.3 is 5.32 Å². The van der Waals surface area contributed by atoms with Crippen LogP contribution in [0, 0.1) is 5.92 Å². The summed E-state index contributed by atoms with van der Waals surface area (Å²) in [4.78, 5) is 29.9. The van der Waals surface area contributed by atoms with E-state index in [2.05, 4.69) is 10.3 Å². The third-order valence-electron chi connectivity index (χ3n) is 3.35. The van der Waals surface area contributed by atoms with E-state index in [1.807, 2.05) is 43.9 Å². The van der Waals surface area contributed by atoms with E-state index in [-0.39, 0.29) is 24.2 Å². The highest BCUT2D eigenvalue weighted by atomic mass is 16.2. The Balaban J connectivity index is 2.56. The molecular weight excluding hydrogens is 266 g/mol. The number of hydrogen-bond donors (Lipinski definition) is 1. The van der Waals surface area contributed by atoms with Gasteiger partial charge in [-0.2, -0.15) is 0 Å². The van der Waals surface area contributed by atoms with E-state index in [1.54, 1.807) is 6.20 Å². The van der Waals surface area contributed by atoms with Crippen molar-refractivity contribution in [2.75, 3.05) is 13.1 Å². The zero-order chi connectivity index (χ0) is 15.8. The number of carbonyl (C=O) groups excluding carboxylic acids is 2. The van der Waals surface area contributed by atoms with Crippen LogP contribution in [0.15, 0.2) is 24.4 Å². The van der Waals surface area contributed by atoms with Crippen LogP contribution in [0.3, 0.4) is 0 Å². The number of amides is 1. The van der Waals surface area contributed by atoms with E-state index < -0.39 is 6.04 Å². The lowest BCUT2D eigenvalue weighted by atomic mass is 10.0. The molecule has 1 aromatic heterocycles. The molecular formula is C16H25N3O2. The summed E-state index contributed by atoms with van der Waals surface area (Å²) in [6.45, 7) is 9.00. The van der Waals surface area contributed by atoms with Crippen LogP contribution in [0.2, 0.25) is 0 Å². The van der Waals surface area contributed by atoms with Crippen molar-refractivity contribution >= 4 is 11.7 Å². The highest BCUT2D eigenvalue weighted by Gasteiger charge is 2.21. The normalized spacial score (nSPS) is 12.5. The van der Waals surface area contributed by atoms with Gasteiger partial charge in [-0.1, -0.05) is 26.8 Å². The van der Waals surface area contributed by atoms with Gasteiger partial charge >= 0.3 is 0 Å². The summed E-state index contributed by atoms with van der Waals surface area (Å²) in [6.07, 6.45) is 1.74. The van der Waals surface area contributed by atoms with Gasteiger partial charge in [0.15, 0.2) is 5.78 Å². The Morgan fingerprint density at radius 2 is 2.05 bits per heavy atom. The molecule has 0 saturated heterocycles. The Kier molecular flexibility index (Phi) is 7.02. The van der Waals surface area contributed by atoms with Crippen LogP contribution in [0.4, 0.5) is 0 Å². The fourth-order valence-corrected chi connectivity index (χ4v) is 2.16. The Labute approximate surface area is 126 Å². The van der Waals surface area contributed by atoms with Gasteiger partial charge in [-0.3, -0.25) is 19.5 Å². The number of carbonyl (C=O) groups is 2. The molecule has 0 aliphatic rings. The molecule has 1 heterocycles. The van der Waals surface area contributed by atoms with Crippen molar-refractivity contribution in [3.63, 3.8) is 0 Å². The number of likely N-dealkylation sites (N-methyl/N-ethyl adjacent to an activating group) is 1. The van der Waals surface area contributed by atoms with Gasteiger partial charge in [-0.15, -0.1) is 0 Å². The van der Waals surface area contributed by atoms with Crippen LogP contribution in [0.5, 0.6) is 0 Å². The zero-order valence-corrected chi connectivity index (χ0v) is 13.3. The summed E-state index contributed by atoms with van der Waals surface area (Å²) < 4.78 is 0. The molecule has 21 heavy (non-hydrogen) atoms. The maximum Gasteiger partial charge on any atom is 0.234 e. The molecule has 1 atom stereocenters. The molecule has 1 amide bonds. The third kappa shape index (κ3) is 6.04. The molecule has 5 nitrogen and oxygen atoms in total. The minimum Gasteiger partial charge on any atom is -0.345 e. The highest BCUT2D eigenvalue weighted by Crippen LogP contribution is 2.04. The molecule has 1 rings (SSSR count). The maximum absolute atomic E-state index is 12.1. The van der Waals surface area contributed by atoms with E-state index in [0.29, 0.717) is 6.54 Å². The second-order valence-corrected chi connectivity index (χ2v) is 5.52. The number of rotatable bonds is 8. The predicted octanol–water partition coefficient (Wildman–Crippen LogP) is 1.63. The van der Waals surface area contributed by atoms with Crippen molar-refractivity contribution in [2.45, 2.75) is 40.3 Å². The number of aromatic nitrogens is 1. The average molecular weight is 291 g/mol. The minimum absolute atomic E-state index is 0.00822. The van der Waals surface area contributed by atoms with Gasteiger partial charge in [0.25, 0.3) is 0 Å². The van der Waals surface area contributed by atoms with E-state index in [9.17, 15) is 9.59 Å². The SMILES string of the molecule is CCN(CC(=O)NC(C(C)=O)C(C)C)Cc1ccccn1. The van der Waals surface area contributed by atoms with Gasteiger partial charge in [-0.25, -0.2) is 0 Å². The van der Waals surface area contributed by atoms with Crippen LogP contribution in [-0.4, -0.2) is 40.7 Å². The lowest BCUT2D eigenvalue weighted by Crippen LogP contribution is -2.47. The number of pyridine rings is 1. The predicted molar refractivity (Wildman–Crippen MR) is 82.6 cm³/mol. The first kappa shape index (κ1) is 17.3. The Bertz CT molecular complexity index is 460. The molecule has 0 aromatic carbocycles. The summed E-state index contributed by atoms with van der Waals surface area (Å²) in [5.74, 6) is -0.0369. The van der Waals surface area contributed by atoms with E-state index in [1.165, 1.54) is 6.92 Å². The minimum atomic E-state index is -0.411. The summed E-state index contributed by atoms with van der Waals surface area (Å²) >= 11 is 0.